The predicted molar refractivity (Wildman–Crippen MR) is 139 cm³/mol. The van der Waals surface area contributed by atoms with Crippen molar-refractivity contribution in [1.82, 2.24) is 20.5 Å². The van der Waals surface area contributed by atoms with Crippen molar-refractivity contribution in [3.8, 4) is 0 Å². The number of hydrogen-bond acceptors (Lipinski definition) is 5. The van der Waals surface area contributed by atoms with Gasteiger partial charge >= 0.3 is 0 Å². The summed E-state index contributed by atoms with van der Waals surface area (Å²) < 4.78 is 0. The molecule has 12 heteroatoms. The maximum atomic E-state index is 13.7. The fourth-order valence-corrected chi connectivity index (χ4v) is 6.82. The van der Waals surface area contributed by atoms with Crippen LogP contribution in [0.4, 0.5) is 0 Å². The molecule has 0 bridgehead atoms. The van der Waals surface area contributed by atoms with Gasteiger partial charge in [0.2, 0.25) is 11.8 Å². The average Bonchev–Trinajstić information content (AvgIpc) is 3.65. The molecule has 4 N–H and O–H groups in total. The molecule has 3 amide bonds. The van der Waals surface area contributed by atoms with E-state index >= 15 is 0 Å². The Labute approximate surface area is 228 Å². The molecule has 37 heavy (non-hydrogen) atoms. The van der Waals surface area contributed by atoms with E-state index in [9.17, 15) is 24.3 Å². The normalized spacial score (nSPS) is 25.8. The Hall–Kier alpha value is -2.33. The van der Waals surface area contributed by atoms with Gasteiger partial charge in [0.1, 0.15) is 18.3 Å². The number of nitrogens with zero attached hydrogens (tertiary/aromatic N) is 1. The Morgan fingerprint density at radius 1 is 1.14 bits per heavy atom. The van der Waals surface area contributed by atoms with Crippen molar-refractivity contribution in [2.45, 2.75) is 44.2 Å². The molecule has 0 spiro atoms. The molecule has 3 heterocycles. The number of likely N-dealkylation sites (tertiary alicyclic amines) is 1. The van der Waals surface area contributed by atoms with Crippen molar-refractivity contribution in [1.29, 1.82) is 0 Å². The SMILES string of the molecule is O=C1NCCC1CC(NC(=O)C1C2CCCC2CN1C(=O)c1cc2c(Cl)cc(Cl)c(Cl)c2[nH]1)C(=O)CO. The number of nitrogens with one attached hydrogen (secondary N) is 3. The molecule has 5 atom stereocenters. The Balaban J connectivity index is 1.41. The van der Waals surface area contributed by atoms with Gasteiger partial charge in [0, 0.05) is 24.4 Å². The quantitative estimate of drug-likeness (QED) is 0.381. The van der Waals surface area contributed by atoms with Crippen LogP contribution in [0.25, 0.3) is 10.9 Å². The summed E-state index contributed by atoms with van der Waals surface area (Å²) in [5, 5.41) is 16.4. The van der Waals surface area contributed by atoms with E-state index in [-0.39, 0.29) is 45.8 Å². The van der Waals surface area contributed by atoms with Crippen molar-refractivity contribution in [3.63, 3.8) is 0 Å². The van der Waals surface area contributed by atoms with E-state index in [2.05, 4.69) is 15.6 Å². The van der Waals surface area contributed by atoms with Crippen molar-refractivity contribution < 1.29 is 24.3 Å². The van der Waals surface area contributed by atoms with Crippen molar-refractivity contribution in [2.75, 3.05) is 19.7 Å². The summed E-state index contributed by atoms with van der Waals surface area (Å²) in [5.74, 6) is -1.88. The monoisotopic (exact) mass is 568 g/mol. The van der Waals surface area contributed by atoms with E-state index in [4.69, 9.17) is 34.8 Å². The summed E-state index contributed by atoms with van der Waals surface area (Å²) in [4.78, 5) is 56.5. The van der Waals surface area contributed by atoms with Crippen LogP contribution in [0.3, 0.4) is 0 Å². The van der Waals surface area contributed by atoms with E-state index in [1.807, 2.05) is 0 Å². The smallest absolute Gasteiger partial charge is 0.271 e. The number of benzene rings is 1. The second-order valence-electron chi connectivity index (χ2n) is 10.1. The van der Waals surface area contributed by atoms with Crippen LogP contribution in [0.2, 0.25) is 15.1 Å². The molecule has 5 unspecified atom stereocenters. The lowest BCUT2D eigenvalue weighted by molar-refractivity contribution is -0.133. The minimum absolute atomic E-state index is 0.0467. The van der Waals surface area contributed by atoms with Crippen LogP contribution in [0.15, 0.2) is 12.1 Å². The summed E-state index contributed by atoms with van der Waals surface area (Å²) in [6, 6.07) is 1.31. The Kier molecular flexibility index (Phi) is 7.42. The van der Waals surface area contributed by atoms with Gasteiger partial charge in [0.05, 0.1) is 26.6 Å². The van der Waals surface area contributed by atoms with Crippen LogP contribution < -0.4 is 10.6 Å². The first kappa shape index (κ1) is 26.3. The fraction of sp³-hybridized carbons (Fsp3) is 0.520. The Morgan fingerprint density at radius 2 is 1.92 bits per heavy atom. The highest BCUT2D eigenvalue weighted by molar-refractivity contribution is 6.47. The maximum absolute atomic E-state index is 13.7. The molecule has 1 aromatic carbocycles. The Morgan fingerprint density at radius 3 is 2.62 bits per heavy atom. The molecular formula is C25H27Cl3N4O5. The predicted octanol–water partition coefficient (Wildman–Crippen LogP) is 2.94. The van der Waals surface area contributed by atoms with Gasteiger partial charge < -0.3 is 25.6 Å². The number of aliphatic hydroxyl groups is 1. The summed E-state index contributed by atoms with van der Waals surface area (Å²) in [6.07, 6.45) is 3.30. The molecule has 198 valence electrons. The maximum Gasteiger partial charge on any atom is 0.271 e. The molecule has 2 aromatic rings. The topological polar surface area (TPSA) is 132 Å². The van der Waals surface area contributed by atoms with Gasteiger partial charge in [-0.25, -0.2) is 0 Å². The summed E-state index contributed by atoms with van der Waals surface area (Å²) in [6.45, 7) is 0.163. The zero-order valence-corrected chi connectivity index (χ0v) is 22.1. The highest BCUT2D eigenvalue weighted by Gasteiger charge is 2.50. The van der Waals surface area contributed by atoms with Crippen molar-refractivity contribution in [2.24, 2.45) is 17.8 Å². The first-order valence-electron chi connectivity index (χ1n) is 12.4. The lowest BCUT2D eigenvalue weighted by Crippen LogP contribution is -2.53. The highest BCUT2D eigenvalue weighted by atomic mass is 35.5. The summed E-state index contributed by atoms with van der Waals surface area (Å²) in [7, 11) is 0. The zero-order valence-electron chi connectivity index (χ0n) is 19.9. The van der Waals surface area contributed by atoms with Gasteiger partial charge in [-0.1, -0.05) is 41.2 Å². The molecule has 2 saturated heterocycles. The van der Waals surface area contributed by atoms with Crippen molar-refractivity contribution >= 4 is 69.2 Å². The molecule has 2 aliphatic heterocycles. The van der Waals surface area contributed by atoms with Gasteiger partial charge in [-0.15, -0.1) is 0 Å². The van der Waals surface area contributed by atoms with E-state index in [1.54, 1.807) is 11.0 Å². The molecule has 1 saturated carbocycles. The number of fused-ring (bicyclic) bond motifs is 2. The first-order valence-corrected chi connectivity index (χ1v) is 13.5. The summed E-state index contributed by atoms with van der Waals surface area (Å²) >= 11 is 18.8. The molecule has 1 aliphatic carbocycles. The van der Waals surface area contributed by atoms with Crippen LogP contribution in [0.1, 0.15) is 42.6 Å². The second kappa shape index (κ2) is 10.4. The number of hydrogen-bond donors (Lipinski definition) is 4. The number of amides is 3. The number of carbonyl (C=O) groups is 4. The largest absolute Gasteiger partial charge is 0.389 e. The average molecular weight is 570 g/mol. The van der Waals surface area contributed by atoms with Gasteiger partial charge in [-0.2, -0.15) is 0 Å². The third-order valence-corrected chi connectivity index (χ3v) is 9.05. The van der Waals surface area contributed by atoms with E-state index in [0.29, 0.717) is 35.4 Å². The van der Waals surface area contributed by atoms with Crippen LogP contribution in [-0.2, 0) is 14.4 Å². The van der Waals surface area contributed by atoms with Crippen molar-refractivity contribution in [3.05, 3.63) is 32.9 Å². The number of carbonyl (C=O) groups excluding carboxylic acids is 4. The van der Waals surface area contributed by atoms with E-state index in [1.165, 1.54) is 6.07 Å². The third-order valence-electron chi connectivity index (χ3n) is 7.95. The molecule has 3 fully saturated rings. The van der Waals surface area contributed by atoms with E-state index in [0.717, 1.165) is 19.3 Å². The third kappa shape index (κ3) is 4.82. The Bertz CT molecular complexity index is 1280. The second-order valence-corrected chi connectivity index (χ2v) is 11.3. The van der Waals surface area contributed by atoms with Gasteiger partial charge in [-0.05, 0) is 49.7 Å². The number of Topliss-reactive ketones (excluding diaryl/α,β-unsaturated/α-hetero) is 1. The van der Waals surface area contributed by atoms with Crippen LogP contribution in [-0.4, -0.2) is 70.3 Å². The van der Waals surface area contributed by atoms with Gasteiger partial charge in [0.15, 0.2) is 5.78 Å². The molecule has 1 aromatic heterocycles. The number of aromatic amines is 1. The van der Waals surface area contributed by atoms with Gasteiger partial charge in [-0.3, -0.25) is 19.2 Å². The number of ketones is 1. The zero-order chi connectivity index (χ0) is 26.4. The number of halogens is 3. The van der Waals surface area contributed by atoms with Crippen LogP contribution in [0, 0.1) is 17.8 Å². The number of H-pyrrole nitrogens is 1. The minimum Gasteiger partial charge on any atom is -0.389 e. The number of aliphatic hydroxyl groups excluding tert-OH is 1. The lowest BCUT2D eigenvalue weighted by Gasteiger charge is -2.29. The van der Waals surface area contributed by atoms with Gasteiger partial charge in [0.25, 0.3) is 5.91 Å². The number of aromatic nitrogens is 1. The lowest BCUT2D eigenvalue weighted by atomic mass is 9.92. The standard InChI is InChI=1S/C25H27Cl3N4O5/c26-15-8-16(27)20(28)21-14(15)7-18(30-21)25(37)32-9-12-2-1-3-13(12)22(32)24(36)31-17(19(34)10-33)6-11-4-5-29-23(11)35/h7-8,11-13,17,22,30,33H,1-6,9-10H2,(H,29,35)(H,31,36). The van der Waals surface area contributed by atoms with Crippen LogP contribution >= 0.6 is 34.8 Å². The molecular weight excluding hydrogens is 543 g/mol. The molecule has 3 aliphatic rings. The minimum atomic E-state index is -1.02. The highest BCUT2D eigenvalue weighted by Crippen LogP contribution is 2.43. The first-order chi connectivity index (χ1) is 17.7. The summed E-state index contributed by atoms with van der Waals surface area (Å²) in [5.41, 5.74) is 0.663. The molecule has 5 rings (SSSR count). The fourth-order valence-electron chi connectivity index (χ4n) is 6.10. The van der Waals surface area contributed by atoms with E-state index < -0.39 is 36.3 Å². The molecule has 0 radical (unpaired) electrons. The molecule has 9 nitrogen and oxygen atoms in total. The number of rotatable bonds is 7. The van der Waals surface area contributed by atoms with Crippen LogP contribution in [0.5, 0.6) is 0 Å².